The van der Waals surface area contributed by atoms with Crippen LogP contribution in [0.2, 0.25) is 0 Å². The topological polar surface area (TPSA) is 104 Å². The van der Waals surface area contributed by atoms with Crippen LogP contribution in [0.1, 0.15) is 36.3 Å². The molecule has 1 N–H and O–H groups in total. The van der Waals surface area contributed by atoms with Gasteiger partial charge in [0.1, 0.15) is 11.7 Å². The lowest BCUT2D eigenvalue weighted by Crippen LogP contribution is -2.43. The Labute approximate surface area is 197 Å². The minimum absolute atomic E-state index is 0.314. The van der Waals surface area contributed by atoms with Crippen LogP contribution in [-0.2, 0) is 23.9 Å². The van der Waals surface area contributed by atoms with Gasteiger partial charge in [0.25, 0.3) is 0 Å². The van der Waals surface area contributed by atoms with Crippen LogP contribution in [-0.4, -0.2) is 44.0 Å². The van der Waals surface area contributed by atoms with E-state index in [1.807, 2.05) is 12.1 Å². The van der Waals surface area contributed by atoms with Crippen LogP contribution in [0.5, 0.6) is 5.75 Å². The molecule has 2 aliphatic rings. The second kappa shape index (κ2) is 9.51. The number of rotatable bonds is 5. The third kappa shape index (κ3) is 3.96. The molecule has 0 saturated heterocycles. The molecule has 176 valence electrons. The maximum atomic E-state index is 14.0. The molecule has 4 rings (SSSR count). The molecular weight excluding hydrogens is 436 g/mol. The Hall–Kier alpha value is -3.94. The zero-order chi connectivity index (χ0) is 24.4. The van der Waals surface area contributed by atoms with Crippen molar-refractivity contribution in [2.75, 3.05) is 21.3 Å². The molecule has 0 bridgehead atoms. The molecule has 1 aromatic carbocycles. The average molecular weight is 463 g/mol. The fourth-order valence-corrected chi connectivity index (χ4v) is 4.86. The number of dihydropyridines is 1. The number of benzene rings is 1. The number of allylic oxidation sites excluding steroid dienone is 3. The van der Waals surface area contributed by atoms with Gasteiger partial charge in [0.05, 0.1) is 26.9 Å². The summed E-state index contributed by atoms with van der Waals surface area (Å²) in [7, 11) is 4.14. The summed E-state index contributed by atoms with van der Waals surface area (Å²) in [4.78, 5) is 43.9. The Bertz CT molecular complexity index is 1180. The van der Waals surface area contributed by atoms with Gasteiger partial charge in [-0.05, 0) is 42.7 Å². The highest BCUT2D eigenvalue weighted by Crippen LogP contribution is 2.48. The number of Topliss-reactive ketones (excluding diaryl/α,β-unsaturated/α-hetero) is 1. The Morgan fingerprint density at radius 3 is 2.35 bits per heavy atom. The van der Waals surface area contributed by atoms with Gasteiger partial charge < -0.3 is 19.5 Å². The summed E-state index contributed by atoms with van der Waals surface area (Å²) in [6, 6.07) is 10.8. The molecule has 0 fully saturated rings. The Kier molecular flexibility index (Phi) is 6.49. The van der Waals surface area contributed by atoms with Gasteiger partial charge in [-0.15, -0.1) is 0 Å². The lowest BCUT2D eigenvalue weighted by molar-refractivity contribution is -0.150. The minimum Gasteiger partial charge on any atom is -0.497 e. The van der Waals surface area contributed by atoms with E-state index in [9.17, 15) is 14.4 Å². The Balaban J connectivity index is 1.88. The minimum atomic E-state index is -1.06. The second-order valence-corrected chi connectivity index (χ2v) is 8.22. The lowest BCUT2D eigenvalue weighted by Gasteiger charge is -2.39. The quantitative estimate of drug-likeness (QED) is 0.534. The number of nitrogens with zero attached hydrogens (tertiary/aromatic N) is 1. The van der Waals surface area contributed by atoms with E-state index in [1.54, 1.807) is 50.7 Å². The van der Waals surface area contributed by atoms with Crippen molar-refractivity contribution in [1.82, 2.24) is 10.3 Å². The number of pyridine rings is 1. The standard InChI is InChI=1S/C26H26N2O6/c1-14-20(25(30)33-3)21(16-6-5-11-27-13-16)23-19(28-14)12-18(22(24(23)29)26(31)34-4)15-7-9-17(32-2)10-8-15/h5-11,13,18,21-22,28H,12H2,1-4H3. The maximum Gasteiger partial charge on any atom is 0.336 e. The van der Waals surface area contributed by atoms with Crippen LogP contribution in [0, 0.1) is 5.92 Å². The third-order valence-electron chi connectivity index (χ3n) is 6.44. The smallest absolute Gasteiger partial charge is 0.336 e. The highest BCUT2D eigenvalue weighted by atomic mass is 16.5. The number of esters is 2. The first kappa shape index (κ1) is 23.2. The molecule has 2 aromatic rings. The molecule has 0 amide bonds. The highest BCUT2D eigenvalue weighted by Gasteiger charge is 2.48. The number of hydrogen-bond donors (Lipinski definition) is 1. The summed E-state index contributed by atoms with van der Waals surface area (Å²) in [5.41, 5.74) is 3.42. The molecule has 0 spiro atoms. The van der Waals surface area contributed by atoms with E-state index in [2.05, 4.69) is 10.3 Å². The Morgan fingerprint density at radius 1 is 1.03 bits per heavy atom. The summed E-state index contributed by atoms with van der Waals surface area (Å²) in [6.45, 7) is 1.78. The van der Waals surface area contributed by atoms with Gasteiger partial charge in [0.2, 0.25) is 0 Å². The zero-order valence-corrected chi connectivity index (χ0v) is 19.5. The molecule has 3 unspecified atom stereocenters. The molecule has 2 heterocycles. The first-order chi connectivity index (χ1) is 16.4. The van der Waals surface area contributed by atoms with Gasteiger partial charge in [0, 0.05) is 41.2 Å². The molecule has 8 heteroatoms. The van der Waals surface area contributed by atoms with E-state index in [-0.39, 0.29) is 5.78 Å². The highest BCUT2D eigenvalue weighted by molar-refractivity contribution is 6.13. The fourth-order valence-electron chi connectivity index (χ4n) is 4.86. The number of nitrogens with one attached hydrogen (secondary N) is 1. The van der Waals surface area contributed by atoms with E-state index in [0.29, 0.717) is 40.3 Å². The summed E-state index contributed by atoms with van der Waals surface area (Å²) in [6.07, 6.45) is 3.62. The fraction of sp³-hybridized carbons (Fsp3) is 0.308. The number of carbonyl (C=O) groups is 3. The first-order valence-corrected chi connectivity index (χ1v) is 10.9. The van der Waals surface area contributed by atoms with Crippen molar-refractivity contribution in [2.24, 2.45) is 5.92 Å². The largest absolute Gasteiger partial charge is 0.497 e. The van der Waals surface area contributed by atoms with Gasteiger partial charge in [-0.3, -0.25) is 14.6 Å². The van der Waals surface area contributed by atoms with E-state index < -0.39 is 29.7 Å². The number of carbonyl (C=O) groups excluding carboxylic acids is 3. The number of hydrogen-bond acceptors (Lipinski definition) is 8. The van der Waals surface area contributed by atoms with Crippen molar-refractivity contribution in [1.29, 1.82) is 0 Å². The van der Waals surface area contributed by atoms with Crippen LogP contribution in [0.3, 0.4) is 0 Å². The maximum absolute atomic E-state index is 14.0. The van der Waals surface area contributed by atoms with Crippen LogP contribution in [0.15, 0.2) is 71.3 Å². The number of aromatic nitrogens is 1. The summed E-state index contributed by atoms with van der Waals surface area (Å²) >= 11 is 0. The van der Waals surface area contributed by atoms with E-state index in [0.717, 1.165) is 5.56 Å². The number of methoxy groups -OCH3 is 3. The van der Waals surface area contributed by atoms with E-state index in [4.69, 9.17) is 14.2 Å². The monoisotopic (exact) mass is 462 g/mol. The van der Waals surface area contributed by atoms with Gasteiger partial charge in [-0.2, -0.15) is 0 Å². The SMILES string of the molecule is COC(=O)C1=C(C)NC2=C(C(=O)C(C(=O)OC)C(c3ccc(OC)cc3)C2)C1c1cccnc1. The summed E-state index contributed by atoms with van der Waals surface area (Å²) < 4.78 is 15.3. The molecule has 1 aliphatic carbocycles. The molecule has 0 saturated carbocycles. The summed E-state index contributed by atoms with van der Waals surface area (Å²) in [5, 5.41) is 3.25. The van der Waals surface area contributed by atoms with Crippen molar-refractivity contribution in [2.45, 2.75) is 25.2 Å². The first-order valence-electron chi connectivity index (χ1n) is 10.9. The number of ketones is 1. The van der Waals surface area contributed by atoms with Crippen molar-refractivity contribution in [3.8, 4) is 5.75 Å². The summed E-state index contributed by atoms with van der Waals surface area (Å²) in [5.74, 6) is -3.10. The van der Waals surface area contributed by atoms with E-state index >= 15 is 0 Å². The van der Waals surface area contributed by atoms with Crippen LogP contribution < -0.4 is 10.1 Å². The van der Waals surface area contributed by atoms with Crippen molar-refractivity contribution in [3.05, 3.63) is 82.5 Å². The van der Waals surface area contributed by atoms with Crippen LogP contribution >= 0.6 is 0 Å². The van der Waals surface area contributed by atoms with Crippen LogP contribution in [0.25, 0.3) is 0 Å². The van der Waals surface area contributed by atoms with Crippen molar-refractivity contribution in [3.63, 3.8) is 0 Å². The van der Waals surface area contributed by atoms with Crippen molar-refractivity contribution >= 4 is 17.7 Å². The van der Waals surface area contributed by atoms with Gasteiger partial charge in [-0.25, -0.2) is 4.79 Å². The average Bonchev–Trinajstić information content (AvgIpc) is 2.87. The second-order valence-electron chi connectivity index (χ2n) is 8.22. The van der Waals surface area contributed by atoms with Gasteiger partial charge >= 0.3 is 11.9 Å². The predicted molar refractivity (Wildman–Crippen MR) is 123 cm³/mol. The predicted octanol–water partition coefficient (Wildman–Crippen LogP) is 3.02. The third-order valence-corrected chi connectivity index (χ3v) is 6.44. The van der Waals surface area contributed by atoms with Gasteiger partial charge in [0.15, 0.2) is 5.78 Å². The molecule has 0 radical (unpaired) electrons. The van der Waals surface area contributed by atoms with Gasteiger partial charge in [-0.1, -0.05) is 18.2 Å². The number of ether oxygens (including phenoxy) is 3. The Morgan fingerprint density at radius 2 is 1.76 bits per heavy atom. The molecule has 1 aromatic heterocycles. The van der Waals surface area contributed by atoms with E-state index in [1.165, 1.54) is 14.2 Å². The molecule has 3 atom stereocenters. The van der Waals surface area contributed by atoms with Crippen LogP contribution in [0.4, 0.5) is 0 Å². The molecule has 34 heavy (non-hydrogen) atoms. The molecular formula is C26H26N2O6. The molecule has 8 nitrogen and oxygen atoms in total. The van der Waals surface area contributed by atoms with Crippen molar-refractivity contribution < 1.29 is 28.6 Å². The molecule has 1 aliphatic heterocycles. The zero-order valence-electron chi connectivity index (χ0n) is 19.5. The lowest BCUT2D eigenvalue weighted by atomic mass is 9.67. The normalized spacial score (nSPS) is 22.0.